The Kier molecular flexibility index (Phi) is 4.70. The zero-order valence-electron chi connectivity index (χ0n) is 9.85. The van der Waals surface area contributed by atoms with Gasteiger partial charge in [-0.1, -0.05) is 23.2 Å². The van der Waals surface area contributed by atoms with E-state index in [0.29, 0.717) is 15.6 Å². The van der Waals surface area contributed by atoms with Crippen molar-refractivity contribution < 1.29 is 4.79 Å². The molecule has 0 spiro atoms. The summed E-state index contributed by atoms with van der Waals surface area (Å²) in [6.45, 7) is 5.54. The van der Waals surface area contributed by atoms with Gasteiger partial charge in [-0.3, -0.25) is 4.79 Å². The molecule has 1 atom stereocenters. The van der Waals surface area contributed by atoms with Crippen LogP contribution in [-0.2, 0) is 0 Å². The summed E-state index contributed by atoms with van der Waals surface area (Å²) in [5, 5.41) is 3.50. The second-order valence-corrected chi connectivity index (χ2v) is 5.98. The van der Waals surface area contributed by atoms with Crippen molar-refractivity contribution in [2.75, 3.05) is 0 Å². The minimum absolute atomic E-state index is 0.193. The molecule has 0 bridgehead atoms. The van der Waals surface area contributed by atoms with Crippen molar-refractivity contribution in [2.24, 2.45) is 0 Å². The number of hydrogen-bond acceptors (Lipinski definition) is 1. The van der Waals surface area contributed by atoms with E-state index in [0.717, 1.165) is 0 Å². The maximum atomic E-state index is 12.0. The fraction of sp³-hybridized carbons (Fsp3) is 0.417. The molecule has 1 N–H and O–H groups in total. The SMILES string of the molecule is CC(Cl)C(C)(C)NC(=O)c1cc(Cl)cc(Cl)c1. The summed E-state index contributed by atoms with van der Waals surface area (Å²) >= 11 is 17.7. The van der Waals surface area contributed by atoms with E-state index in [1.54, 1.807) is 18.2 Å². The largest absolute Gasteiger partial charge is 0.346 e. The van der Waals surface area contributed by atoms with Gasteiger partial charge in [0.05, 0.1) is 10.9 Å². The highest BCUT2D eigenvalue weighted by atomic mass is 35.5. The topological polar surface area (TPSA) is 29.1 Å². The molecule has 0 saturated heterocycles. The number of carbonyl (C=O) groups excluding carboxylic acids is 1. The highest BCUT2D eigenvalue weighted by molar-refractivity contribution is 6.35. The number of halogens is 3. The summed E-state index contributed by atoms with van der Waals surface area (Å²) in [4.78, 5) is 12.0. The Hall–Kier alpha value is -0.440. The highest BCUT2D eigenvalue weighted by Gasteiger charge is 2.26. The van der Waals surface area contributed by atoms with Crippen LogP contribution in [0.4, 0.5) is 0 Å². The standard InChI is InChI=1S/C12H14Cl3NO/c1-7(13)12(2,3)16-11(17)8-4-9(14)6-10(15)5-8/h4-7H,1-3H3,(H,16,17). The smallest absolute Gasteiger partial charge is 0.251 e. The van der Waals surface area contributed by atoms with Crippen molar-refractivity contribution >= 4 is 40.7 Å². The van der Waals surface area contributed by atoms with Gasteiger partial charge < -0.3 is 5.32 Å². The lowest BCUT2D eigenvalue weighted by Gasteiger charge is -2.29. The lowest BCUT2D eigenvalue weighted by Crippen LogP contribution is -2.49. The van der Waals surface area contributed by atoms with Gasteiger partial charge in [-0.15, -0.1) is 11.6 Å². The zero-order valence-corrected chi connectivity index (χ0v) is 12.1. The fourth-order valence-electron chi connectivity index (χ4n) is 1.15. The van der Waals surface area contributed by atoms with Crippen LogP contribution in [-0.4, -0.2) is 16.8 Å². The number of benzene rings is 1. The molecule has 1 rings (SSSR count). The van der Waals surface area contributed by atoms with Crippen LogP contribution in [0.15, 0.2) is 18.2 Å². The normalized spacial score (nSPS) is 13.3. The van der Waals surface area contributed by atoms with Gasteiger partial charge in [-0.2, -0.15) is 0 Å². The average molecular weight is 295 g/mol. The molecule has 17 heavy (non-hydrogen) atoms. The van der Waals surface area contributed by atoms with E-state index in [-0.39, 0.29) is 11.3 Å². The molecule has 1 amide bonds. The molecule has 0 aliphatic rings. The molecular weight excluding hydrogens is 280 g/mol. The number of carbonyl (C=O) groups is 1. The number of nitrogens with one attached hydrogen (secondary N) is 1. The highest BCUT2D eigenvalue weighted by Crippen LogP contribution is 2.21. The van der Waals surface area contributed by atoms with Gasteiger partial charge in [0.2, 0.25) is 0 Å². The van der Waals surface area contributed by atoms with Crippen molar-refractivity contribution in [3.63, 3.8) is 0 Å². The third kappa shape index (κ3) is 4.06. The molecule has 2 nitrogen and oxygen atoms in total. The quantitative estimate of drug-likeness (QED) is 0.835. The van der Waals surface area contributed by atoms with Crippen molar-refractivity contribution in [1.82, 2.24) is 5.32 Å². The van der Waals surface area contributed by atoms with Crippen molar-refractivity contribution in [2.45, 2.75) is 31.7 Å². The van der Waals surface area contributed by atoms with E-state index < -0.39 is 5.54 Å². The molecule has 1 unspecified atom stereocenters. The Labute approximate surface area is 116 Å². The summed E-state index contributed by atoms with van der Waals surface area (Å²) in [5.74, 6) is -0.244. The fourth-order valence-corrected chi connectivity index (χ4v) is 1.73. The Morgan fingerprint density at radius 2 is 1.71 bits per heavy atom. The number of hydrogen-bond donors (Lipinski definition) is 1. The van der Waals surface area contributed by atoms with Crippen LogP contribution in [0.25, 0.3) is 0 Å². The van der Waals surface area contributed by atoms with Gasteiger partial charge in [0, 0.05) is 15.6 Å². The van der Waals surface area contributed by atoms with Gasteiger partial charge in [0.15, 0.2) is 0 Å². The summed E-state index contributed by atoms with van der Waals surface area (Å²) in [6.07, 6.45) is 0. The van der Waals surface area contributed by atoms with Crippen molar-refractivity contribution in [3.05, 3.63) is 33.8 Å². The lowest BCUT2D eigenvalue weighted by atomic mass is 10.0. The van der Waals surface area contributed by atoms with Gasteiger partial charge in [-0.05, 0) is 39.0 Å². The maximum Gasteiger partial charge on any atom is 0.251 e. The van der Waals surface area contributed by atoms with Crippen molar-refractivity contribution in [1.29, 1.82) is 0 Å². The molecular formula is C12H14Cl3NO. The van der Waals surface area contributed by atoms with Crippen LogP contribution in [0.3, 0.4) is 0 Å². The third-order valence-electron chi connectivity index (χ3n) is 2.55. The monoisotopic (exact) mass is 293 g/mol. The molecule has 0 heterocycles. The van der Waals surface area contributed by atoms with Crippen LogP contribution in [0.5, 0.6) is 0 Å². The molecule has 1 aromatic carbocycles. The van der Waals surface area contributed by atoms with E-state index in [4.69, 9.17) is 34.8 Å². The minimum atomic E-state index is -0.507. The first-order valence-electron chi connectivity index (χ1n) is 5.15. The molecule has 0 aliphatic carbocycles. The molecule has 0 aromatic heterocycles. The van der Waals surface area contributed by atoms with Gasteiger partial charge in [0.1, 0.15) is 0 Å². The second-order valence-electron chi connectivity index (χ2n) is 4.45. The molecule has 0 fully saturated rings. The van der Waals surface area contributed by atoms with E-state index >= 15 is 0 Å². The third-order valence-corrected chi connectivity index (χ3v) is 3.54. The van der Waals surface area contributed by atoms with Gasteiger partial charge in [-0.25, -0.2) is 0 Å². The molecule has 94 valence electrons. The molecule has 0 saturated carbocycles. The molecule has 0 aliphatic heterocycles. The van der Waals surface area contributed by atoms with Gasteiger partial charge >= 0.3 is 0 Å². The second kappa shape index (κ2) is 5.47. The number of amides is 1. The lowest BCUT2D eigenvalue weighted by molar-refractivity contribution is 0.0912. The summed E-state index contributed by atoms with van der Waals surface area (Å²) in [5.41, 5.74) is -0.0825. The van der Waals surface area contributed by atoms with Crippen LogP contribution < -0.4 is 5.32 Å². The number of rotatable bonds is 3. The van der Waals surface area contributed by atoms with E-state index in [1.165, 1.54) is 0 Å². The maximum absolute atomic E-state index is 12.0. The van der Waals surface area contributed by atoms with Gasteiger partial charge in [0.25, 0.3) is 5.91 Å². The first-order chi connectivity index (χ1) is 7.72. The Balaban J connectivity index is 2.91. The molecule has 1 aromatic rings. The van der Waals surface area contributed by atoms with Crippen LogP contribution in [0.1, 0.15) is 31.1 Å². The first kappa shape index (κ1) is 14.6. The predicted octanol–water partition coefficient (Wildman–Crippen LogP) is 4.13. The first-order valence-corrected chi connectivity index (χ1v) is 6.34. The van der Waals surface area contributed by atoms with E-state index in [2.05, 4.69) is 5.32 Å². The molecule has 5 heteroatoms. The summed E-state index contributed by atoms with van der Waals surface area (Å²) in [7, 11) is 0. The number of alkyl halides is 1. The summed E-state index contributed by atoms with van der Waals surface area (Å²) < 4.78 is 0. The molecule has 0 radical (unpaired) electrons. The zero-order chi connectivity index (χ0) is 13.2. The Morgan fingerprint density at radius 1 is 1.24 bits per heavy atom. The summed E-state index contributed by atoms with van der Waals surface area (Å²) in [6, 6.07) is 4.71. The van der Waals surface area contributed by atoms with Crippen molar-refractivity contribution in [3.8, 4) is 0 Å². The van der Waals surface area contributed by atoms with Crippen LogP contribution in [0, 0.1) is 0 Å². The minimum Gasteiger partial charge on any atom is -0.346 e. The Morgan fingerprint density at radius 3 is 2.12 bits per heavy atom. The van der Waals surface area contributed by atoms with E-state index in [9.17, 15) is 4.79 Å². The Bertz CT molecular complexity index is 410. The van der Waals surface area contributed by atoms with Crippen LogP contribution in [0.2, 0.25) is 10.0 Å². The average Bonchev–Trinajstić information content (AvgIpc) is 2.15. The van der Waals surface area contributed by atoms with E-state index in [1.807, 2.05) is 20.8 Å². The predicted molar refractivity (Wildman–Crippen MR) is 73.3 cm³/mol. The van der Waals surface area contributed by atoms with Crippen LogP contribution >= 0.6 is 34.8 Å².